The lowest BCUT2D eigenvalue weighted by Crippen LogP contribution is -2.33. The quantitative estimate of drug-likeness (QED) is 0.229. The predicted molar refractivity (Wildman–Crippen MR) is 138 cm³/mol. The van der Waals surface area contributed by atoms with E-state index in [1.54, 1.807) is 43.3 Å². The van der Waals surface area contributed by atoms with E-state index in [1.165, 1.54) is 31.4 Å². The Morgan fingerprint density at radius 3 is 2.17 bits per heavy atom. The third-order valence-corrected chi connectivity index (χ3v) is 5.68. The summed E-state index contributed by atoms with van der Waals surface area (Å²) in [4.78, 5) is 35.4. The summed E-state index contributed by atoms with van der Waals surface area (Å²) in [6.45, 7) is 1.79. The average molecular weight is 529 g/mol. The van der Waals surface area contributed by atoms with Crippen LogP contribution < -0.4 is 25.9 Å². The molecule has 0 aromatic heterocycles. The van der Waals surface area contributed by atoms with Crippen molar-refractivity contribution < 1.29 is 23.9 Å². The molecule has 11 heteroatoms. The lowest BCUT2D eigenvalue weighted by atomic mass is 10.1. The van der Waals surface area contributed by atoms with Crippen LogP contribution in [0.25, 0.3) is 0 Å². The summed E-state index contributed by atoms with van der Waals surface area (Å²) in [6, 6.07) is 16.0. The van der Waals surface area contributed by atoms with Gasteiger partial charge in [-0.2, -0.15) is 5.10 Å². The Hall–Kier alpha value is -4.08. The SMILES string of the molecule is COc1cc(/C(C)=N/NC(=O)C(=O)Nc2ccc(C(N)=O)cc2)ccc1OCc1c(Cl)cccc1Cl. The third kappa shape index (κ3) is 6.74. The molecule has 0 bridgehead atoms. The standard InChI is InChI=1S/C25H22Cl2N4O5/c1-14(30-31-25(34)24(33)29-17-9-6-15(7-10-17)23(28)32)16-8-11-21(22(12-16)35-2)36-13-18-19(26)4-3-5-20(18)27/h3-12H,13H2,1-2H3,(H2,28,32)(H,29,33)(H,31,34)/b30-14+. The molecule has 3 aromatic carbocycles. The molecule has 3 rings (SSSR count). The monoisotopic (exact) mass is 528 g/mol. The zero-order valence-electron chi connectivity index (χ0n) is 19.3. The minimum Gasteiger partial charge on any atom is -0.493 e. The smallest absolute Gasteiger partial charge is 0.329 e. The fourth-order valence-corrected chi connectivity index (χ4v) is 3.49. The molecule has 0 aliphatic carbocycles. The Kier molecular flexibility index (Phi) is 8.88. The van der Waals surface area contributed by atoms with Crippen LogP contribution in [0, 0.1) is 0 Å². The van der Waals surface area contributed by atoms with Gasteiger partial charge in [0.15, 0.2) is 11.5 Å². The molecule has 0 fully saturated rings. The van der Waals surface area contributed by atoms with Crippen molar-refractivity contribution in [3.8, 4) is 11.5 Å². The lowest BCUT2D eigenvalue weighted by molar-refractivity contribution is -0.136. The number of hydrazone groups is 1. The van der Waals surface area contributed by atoms with Gasteiger partial charge in [-0.25, -0.2) is 5.43 Å². The molecular formula is C25H22Cl2N4O5. The highest BCUT2D eigenvalue weighted by atomic mass is 35.5. The van der Waals surface area contributed by atoms with E-state index in [0.29, 0.717) is 44.1 Å². The van der Waals surface area contributed by atoms with Crippen LogP contribution in [0.3, 0.4) is 0 Å². The molecule has 0 unspecified atom stereocenters. The molecule has 0 radical (unpaired) electrons. The summed E-state index contributed by atoms with van der Waals surface area (Å²) in [6.07, 6.45) is 0. The Balaban J connectivity index is 1.63. The first-order chi connectivity index (χ1) is 17.2. The lowest BCUT2D eigenvalue weighted by Gasteiger charge is -2.13. The van der Waals surface area contributed by atoms with Crippen LogP contribution in [-0.4, -0.2) is 30.5 Å². The van der Waals surface area contributed by atoms with Gasteiger partial charge in [0.25, 0.3) is 0 Å². The van der Waals surface area contributed by atoms with Crippen molar-refractivity contribution in [3.05, 3.63) is 87.4 Å². The van der Waals surface area contributed by atoms with Gasteiger partial charge >= 0.3 is 11.8 Å². The maximum atomic E-state index is 12.1. The molecule has 0 atom stereocenters. The number of methoxy groups -OCH3 is 1. The number of rotatable bonds is 8. The minimum atomic E-state index is -0.975. The van der Waals surface area contributed by atoms with Crippen LogP contribution in [0.4, 0.5) is 5.69 Å². The highest BCUT2D eigenvalue weighted by Crippen LogP contribution is 2.31. The molecule has 0 saturated carbocycles. The molecular weight excluding hydrogens is 507 g/mol. The number of benzene rings is 3. The van der Waals surface area contributed by atoms with E-state index in [-0.39, 0.29) is 12.2 Å². The Morgan fingerprint density at radius 1 is 0.917 bits per heavy atom. The summed E-state index contributed by atoms with van der Waals surface area (Å²) in [7, 11) is 1.49. The van der Waals surface area contributed by atoms with Crippen molar-refractivity contribution >= 4 is 52.3 Å². The number of nitrogens with two attached hydrogens (primary N) is 1. The molecule has 0 aliphatic heterocycles. The van der Waals surface area contributed by atoms with Crippen molar-refractivity contribution in [2.45, 2.75) is 13.5 Å². The van der Waals surface area contributed by atoms with Gasteiger partial charge in [0.05, 0.1) is 12.8 Å². The van der Waals surface area contributed by atoms with E-state index in [4.69, 9.17) is 38.4 Å². The largest absolute Gasteiger partial charge is 0.493 e. The number of nitrogens with one attached hydrogen (secondary N) is 2. The zero-order chi connectivity index (χ0) is 26.2. The number of hydrogen-bond donors (Lipinski definition) is 3. The van der Waals surface area contributed by atoms with Gasteiger partial charge in [-0.15, -0.1) is 0 Å². The van der Waals surface area contributed by atoms with Gasteiger partial charge in [0, 0.05) is 32.4 Å². The van der Waals surface area contributed by atoms with Crippen LogP contribution in [-0.2, 0) is 16.2 Å². The van der Waals surface area contributed by atoms with Gasteiger partial charge in [0.2, 0.25) is 5.91 Å². The van der Waals surface area contributed by atoms with E-state index < -0.39 is 17.7 Å². The molecule has 186 valence electrons. The Bertz CT molecular complexity index is 1310. The second kappa shape index (κ2) is 12.1. The maximum absolute atomic E-state index is 12.1. The number of carbonyl (C=O) groups excluding carboxylic acids is 3. The van der Waals surface area contributed by atoms with Crippen molar-refractivity contribution in [2.75, 3.05) is 12.4 Å². The first-order valence-corrected chi connectivity index (χ1v) is 11.2. The van der Waals surface area contributed by atoms with Crippen LogP contribution >= 0.6 is 23.2 Å². The molecule has 36 heavy (non-hydrogen) atoms. The number of halogens is 2. The molecule has 3 aromatic rings. The maximum Gasteiger partial charge on any atom is 0.329 e. The highest BCUT2D eigenvalue weighted by Gasteiger charge is 2.15. The van der Waals surface area contributed by atoms with Crippen LogP contribution in [0.15, 0.2) is 65.8 Å². The van der Waals surface area contributed by atoms with E-state index in [9.17, 15) is 14.4 Å². The van der Waals surface area contributed by atoms with Crippen molar-refractivity contribution in [1.29, 1.82) is 0 Å². The van der Waals surface area contributed by atoms with E-state index in [0.717, 1.165) is 0 Å². The number of nitrogens with zero attached hydrogens (tertiary/aromatic N) is 1. The number of ether oxygens (including phenoxy) is 2. The summed E-state index contributed by atoms with van der Waals surface area (Å²) in [5, 5.41) is 7.36. The summed E-state index contributed by atoms with van der Waals surface area (Å²) in [5.74, 6) is -1.63. The van der Waals surface area contributed by atoms with Crippen LogP contribution in [0.5, 0.6) is 11.5 Å². The highest BCUT2D eigenvalue weighted by molar-refractivity contribution is 6.39. The molecule has 9 nitrogen and oxygen atoms in total. The predicted octanol–water partition coefficient (Wildman–Crippen LogP) is 4.16. The summed E-state index contributed by atoms with van der Waals surface area (Å²) in [5.41, 5.74) is 9.66. The second-order valence-corrected chi connectivity index (χ2v) is 8.20. The van der Waals surface area contributed by atoms with Gasteiger partial charge in [0.1, 0.15) is 6.61 Å². The molecule has 0 heterocycles. The van der Waals surface area contributed by atoms with Crippen LogP contribution in [0.1, 0.15) is 28.4 Å². The number of amides is 3. The van der Waals surface area contributed by atoms with Crippen molar-refractivity contribution in [3.63, 3.8) is 0 Å². The number of primary amides is 1. The van der Waals surface area contributed by atoms with Crippen molar-refractivity contribution in [2.24, 2.45) is 10.8 Å². The Labute approximate surface area is 217 Å². The fourth-order valence-electron chi connectivity index (χ4n) is 2.99. The second-order valence-electron chi connectivity index (χ2n) is 7.39. The number of anilines is 1. The molecule has 0 aliphatic rings. The van der Waals surface area contributed by atoms with Crippen LogP contribution in [0.2, 0.25) is 10.0 Å². The number of hydrogen-bond acceptors (Lipinski definition) is 6. The van der Waals surface area contributed by atoms with Gasteiger partial charge in [-0.05, 0) is 61.5 Å². The van der Waals surface area contributed by atoms with Gasteiger partial charge in [-0.1, -0.05) is 29.3 Å². The molecule has 4 N–H and O–H groups in total. The topological polar surface area (TPSA) is 132 Å². The Morgan fingerprint density at radius 2 is 1.56 bits per heavy atom. The number of carbonyl (C=O) groups is 3. The minimum absolute atomic E-state index is 0.137. The molecule has 3 amide bonds. The third-order valence-electron chi connectivity index (χ3n) is 4.97. The first-order valence-electron chi connectivity index (χ1n) is 10.5. The molecule has 0 spiro atoms. The average Bonchev–Trinajstić information content (AvgIpc) is 2.87. The summed E-state index contributed by atoms with van der Waals surface area (Å²) >= 11 is 12.4. The summed E-state index contributed by atoms with van der Waals surface area (Å²) < 4.78 is 11.2. The van der Waals surface area contributed by atoms with E-state index in [2.05, 4.69) is 15.8 Å². The normalized spacial score (nSPS) is 10.9. The fraction of sp³-hybridized carbons (Fsp3) is 0.120. The van der Waals surface area contributed by atoms with E-state index in [1.807, 2.05) is 0 Å². The van der Waals surface area contributed by atoms with Gasteiger partial charge in [-0.3, -0.25) is 14.4 Å². The molecule has 0 saturated heterocycles. The first kappa shape index (κ1) is 26.5. The zero-order valence-corrected chi connectivity index (χ0v) is 20.8. The van der Waals surface area contributed by atoms with Crippen molar-refractivity contribution in [1.82, 2.24) is 5.43 Å². The van der Waals surface area contributed by atoms with Gasteiger partial charge < -0.3 is 20.5 Å². The van der Waals surface area contributed by atoms with E-state index >= 15 is 0 Å².